The zero-order valence-electron chi connectivity index (χ0n) is 35.4. The van der Waals surface area contributed by atoms with Crippen molar-refractivity contribution in [2.45, 2.75) is 0 Å². The molecule has 14 aromatic rings. The lowest BCUT2D eigenvalue weighted by molar-refractivity contribution is 0.669. The highest BCUT2D eigenvalue weighted by Crippen LogP contribution is 2.41. The first kappa shape index (κ1) is 36.5. The summed E-state index contributed by atoms with van der Waals surface area (Å²) in [4.78, 5) is 15.3. The molecule has 0 fully saturated rings. The summed E-state index contributed by atoms with van der Waals surface area (Å²) in [6.45, 7) is 0. The summed E-state index contributed by atoms with van der Waals surface area (Å²) < 4.78 is 13.0. The number of fused-ring (bicyclic) bond motifs is 14. The maximum absolute atomic E-state index is 6.66. The number of hydrogen-bond donors (Lipinski definition) is 0. The van der Waals surface area contributed by atoms with Crippen molar-refractivity contribution in [3.63, 3.8) is 0 Å². The topological polar surface area (TPSA) is 65.0 Å². The van der Waals surface area contributed by atoms with Gasteiger partial charge in [0.2, 0.25) is 0 Å². The van der Waals surface area contributed by atoms with Crippen molar-refractivity contribution >= 4 is 87.0 Å². The van der Waals surface area contributed by atoms with E-state index in [-0.39, 0.29) is 0 Å². The average Bonchev–Trinajstić information content (AvgIpc) is 3.96. The van der Waals surface area contributed by atoms with Gasteiger partial charge in [0.1, 0.15) is 22.3 Å². The fourth-order valence-corrected chi connectivity index (χ4v) is 10.1. The van der Waals surface area contributed by atoms with Crippen LogP contribution in [0, 0.1) is 0 Å². The number of hydrogen-bond acceptors (Lipinski definition) is 5. The smallest absolute Gasteiger partial charge is 0.164 e. The molecule has 14 rings (SSSR count). The lowest BCUT2D eigenvalue weighted by Crippen LogP contribution is -2.00. The second kappa shape index (κ2) is 14.3. The molecule has 11 aromatic carbocycles. The van der Waals surface area contributed by atoms with Gasteiger partial charge in [0, 0.05) is 38.2 Å². The van der Waals surface area contributed by atoms with Gasteiger partial charge in [0.15, 0.2) is 17.5 Å². The van der Waals surface area contributed by atoms with Crippen LogP contribution in [0.3, 0.4) is 0 Å². The second-order valence-corrected chi connectivity index (χ2v) is 17.1. The molecule has 0 aliphatic carbocycles. The van der Waals surface area contributed by atoms with Gasteiger partial charge in [-0.15, -0.1) is 0 Å². The average molecular weight is 842 g/mol. The molecule has 3 aromatic heterocycles. The minimum absolute atomic E-state index is 0.574. The van der Waals surface area contributed by atoms with E-state index in [9.17, 15) is 0 Å². The molecule has 0 saturated carbocycles. The molecular formula is C61H35N3O2. The Labute approximate surface area is 377 Å². The molecule has 0 aliphatic heterocycles. The van der Waals surface area contributed by atoms with Crippen LogP contribution >= 0.6 is 0 Å². The molecule has 5 heteroatoms. The van der Waals surface area contributed by atoms with Gasteiger partial charge in [-0.1, -0.05) is 158 Å². The molecule has 0 spiro atoms. The summed E-state index contributed by atoms with van der Waals surface area (Å²) in [5.74, 6) is 1.78. The predicted molar refractivity (Wildman–Crippen MR) is 272 cm³/mol. The van der Waals surface area contributed by atoms with Gasteiger partial charge in [-0.2, -0.15) is 0 Å². The van der Waals surface area contributed by atoms with Crippen LogP contribution in [0.5, 0.6) is 0 Å². The van der Waals surface area contributed by atoms with E-state index in [0.29, 0.717) is 17.5 Å². The summed E-state index contributed by atoms with van der Waals surface area (Å²) in [5.41, 5.74) is 10.4. The Morgan fingerprint density at radius 1 is 0.227 bits per heavy atom. The zero-order valence-corrected chi connectivity index (χ0v) is 35.4. The second-order valence-electron chi connectivity index (χ2n) is 17.1. The largest absolute Gasteiger partial charge is 0.456 e. The molecule has 0 N–H and O–H groups in total. The van der Waals surface area contributed by atoms with E-state index in [1.54, 1.807) is 0 Å². The van der Waals surface area contributed by atoms with E-state index >= 15 is 0 Å². The van der Waals surface area contributed by atoms with Crippen molar-refractivity contribution in [1.82, 2.24) is 15.0 Å². The Morgan fingerprint density at radius 3 is 1.38 bits per heavy atom. The van der Waals surface area contributed by atoms with Crippen LogP contribution in [0.2, 0.25) is 0 Å². The molecule has 0 amide bonds. The third kappa shape index (κ3) is 5.77. The number of nitrogens with zero attached hydrogens (tertiary/aromatic N) is 3. The van der Waals surface area contributed by atoms with Gasteiger partial charge in [-0.05, 0) is 120 Å². The summed E-state index contributed by atoms with van der Waals surface area (Å²) in [6, 6.07) is 74.6. The van der Waals surface area contributed by atoms with Gasteiger partial charge < -0.3 is 8.83 Å². The van der Waals surface area contributed by atoms with Gasteiger partial charge in [-0.25, -0.2) is 15.0 Å². The molecule has 0 unspecified atom stereocenters. The van der Waals surface area contributed by atoms with Crippen LogP contribution in [0.15, 0.2) is 221 Å². The van der Waals surface area contributed by atoms with E-state index in [2.05, 4.69) is 182 Å². The quantitative estimate of drug-likeness (QED) is 0.162. The molecule has 0 atom stereocenters. The van der Waals surface area contributed by atoms with Crippen molar-refractivity contribution in [2.75, 3.05) is 0 Å². The molecule has 0 aliphatic rings. The Bertz CT molecular complexity index is 4260. The van der Waals surface area contributed by atoms with E-state index in [4.69, 9.17) is 23.8 Å². The van der Waals surface area contributed by atoms with Crippen molar-refractivity contribution in [3.8, 4) is 56.4 Å². The highest BCUT2D eigenvalue weighted by molar-refractivity contribution is 6.26. The van der Waals surface area contributed by atoms with Gasteiger partial charge in [0.25, 0.3) is 0 Å². The standard InChI is InChI=1S/C61H35N3O2/c1-2-12-37(13-3-1)59-62-60(42-15-10-14-38(31-42)39-21-26-49-47-19-7-6-17-45(47)46-18-8-9-20-48(46)52(49)32-39)64-61(63-59)43-23-28-51-50-27-22-41(34-56(50)66-57(51)35-43)40-25-29-54-53(33-40)58-44-16-5-4-11-36(44)24-30-55(58)65-54/h1-35H. The summed E-state index contributed by atoms with van der Waals surface area (Å²) >= 11 is 0. The van der Waals surface area contributed by atoms with Crippen LogP contribution in [0.1, 0.15) is 0 Å². The first-order valence-electron chi connectivity index (χ1n) is 22.2. The molecule has 3 heterocycles. The van der Waals surface area contributed by atoms with Crippen molar-refractivity contribution in [2.24, 2.45) is 0 Å². The van der Waals surface area contributed by atoms with Gasteiger partial charge in [-0.3, -0.25) is 0 Å². The van der Waals surface area contributed by atoms with Crippen molar-refractivity contribution in [1.29, 1.82) is 0 Å². The zero-order chi connectivity index (χ0) is 43.3. The van der Waals surface area contributed by atoms with Gasteiger partial charge in [0.05, 0.1) is 0 Å². The van der Waals surface area contributed by atoms with E-state index in [0.717, 1.165) is 82.8 Å². The van der Waals surface area contributed by atoms with Crippen LogP contribution in [0.4, 0.5) is 0 Å². The minimum atomic E-state index is 0.574. The maximum atomic E-state index is 6.66. The monoisotopic (exact) mass is 841 g/mol. The van der Waals surface area contributed by atoms with Gasteiger partial charge >= 0.3 is 0 Å². The van der Waals surface area contributed by atoms with Crippen LogP contribution < -0.4 is 0 Å². The highest BCUT2D eigenvalue weighted by atomic mass is 16.3. The number of aromatic nitrogens is 3. The van der Waals surface area contributed by atoms with Crippen LogP contribution in [-0.4, -0.2) is 15.0 Å². The number of rotatable bonds is 5. The number of benzene rings is 11. The fraction of sp³-hybridized carbons (Fsp3) is 0. The first-order chi connectivity index (χ1) is 32.7. The molecule has 0 saturated heterocycles. The molecular weight excluding hydrogens is 807 g/mol. The molecule has 5 nitrogen and oxygen atoms in total. The predicted octanol–water partition coefficient (Wildman–Crippen LogP) is 16.6. The lowest BCUT2D eigenvalue weighted by atomic mass is 9.92. The SMILES string of the molecule is c1ccc(-c2nc(-c3cccc(-c4ccc5c6ccccc6c6ccccc6c5c4)c3)nc(-c3ccc4c(c3)oc3cc(-c5ccc6oc7ccc8ccccc8c7c6c5)ccc34)n2)cc1. The van der Waals surface area contributed by atoms with Crippen LogP contribution in [0.25, 0.3) is 143 Å². The third-order valence-corrected chi connectivity index (χ3v) is 13.3. The minimum Gasteiger partial charge on any atom is -0.456 e. The Balaban J connectivity index is 0.859. The van der Waals surface area contributed by atoms with Crippen molar-refractivity contribution < 1.29 is 8.83 Å². The maximum Gasteiger partial charge on any atom is 0.164 e. The normalized spacial score (nSPS) is 11.9. The number of furan rings is 2. The summed E-state index contributed by atoms with van der Waals surface area (Å²) in [6.07, 6.45) is 0. The third-order valence-electron chi connectivity index (χ3n) is 13.3. The van der Waals surface area contributed by atoms with E-state index in [1.807, 2.05) is 30.3 Å². The lowest BCUT2D eigenvalue weighted by Gasteiger charge is -2.13. The van der Waals surface area contributed by atoms with Crippen molar-refractivity contribution in [3.05, 3.63) is 212 Å². The van der Waals surface area contributed by atoms with E-state index in [1.165, 1.54) is 43.1 Å². The Morgan fingerprint density at radius 2 is 0.667 bits per heavy atom. The highest BCUT2D eigenvalue weighted by Gasteiger charge is 2.18. The molecule has 0 bridgehead atoms. The van der Waals surface area contributed by atoms with E-state index < -0.39 is 0 Å². The first-order valence-corrected chi connectivity index (χ1v) is 22.2. The summed E-state index contributed by atoms with van der Waals surface area (Å²) in [7, 11) is 0. The molecule has 306 valence electrons. The Kier molecular flexibility index (Phi) is 7.91. The fourth-order valence-electron chi connectivity index (χ4n) is 10.1. The summed E-state index contributed by atoms with van der Waals surface area (Å²) in [5, 5.41) is 14.2. The molecule has 0 radical (unpaired) electrons. The molecule has 66 heavy (non-hydrogen) atoms. The van der Waals surface area contributed by atoms with Crippen LogP contribution in [-0.2, 0) is 0 Å². The Hall–Kier alpha value is -8.93.